The highest BCUT2D eigenvalue weighted by atomic mass is 19.2. The molecule has 0 radical (unpaired) electrons. The Labute approximate surface area is 234 Å². The molecule has 236 valence electrons. The molecule has 1 aromatic rings. The molecule has 1 rings (SSSR count). The van der Waals surface area contributed by atoms with Gasteiger partial charge in [0.25, 0.3) is 0 Å². The summed E-state index contributed by atoms with van der Waals surface area (Å²) in [6.45, 7) is 3.97. The van der Waals surface area contributed by atoms with Crippen LogP contribution in [-0.2, 0) is 47.5 Å². The molecular formula is C25H35F5O11. The predicted octanol–water partition coefficient (Wildman–Crippen LogP) is 2.36. The molecule has 0 N–H and O–H groups in total. The van der Waals surface area contributed by atoms with Gasteiger partial charge in [-0.05, 0) is 0 Å². The summed E-state index contributed by atoms with van der Waals surface area (Å²) < 4.78 is 112. The summed E-state index contributed by atoms with van der Waals surface area (Å²) in [6, 6.07) is 0. The van der Waals surface area contributed by atoms with Crippen molar-refractivity contribution < 1.29 is 74.2 Å². The molecule has 41 heavy (non-hydrogen) atoms. The molecule has 0 aliphatic carbocycles. The van der Waals surface area contributed by atoms with E-state index >= 15 is 0 Å². The molecule has 0 bridgehead atoms. The Kier molecular flexibility index (Phi) is 20.6. The van der Waals surface area contributed by atoms with Crippen LogP contribution in [0.4, 0.5) is 22.0 Å². The van der Waals surface area contributed by atoms with Crippen molar-refractivity contribution in [2.45, 2.75) is 12.8 Å². The second-order valence-electron chi connectivity index (χ2n) is 7.74. The van der Waals surface area contributed by atoms with E-state index in [1.165, 1.54) is 7.11 Å². The van der Waals surface area contributed by atoms with E-state index in [4.69, 9.17) is 33.2 Å². The minimum atomic E-state index is -2.35. The van der Waals surface area contributed by atoms with Gasteiger partial charge < -0.3 is 42.6 Å². The zero-order chi connectivity index (χ0) is 30.3. The summed E-state index contributed by atoms with van der Waals surface area (Å²) >= 11 is 0. The summed E-state index contributed by atoms with van der Waals surface area (Å²) in [4.78, 5) is 22.5. The van der Waals surface area contributed by atoms with Crippen LogP contribution in [0.5, 0.6) is 5.75 Å². The number of benzene rings is 1. The number of halogens is 5. The second kappa shape index (κ2) is 23.1. The molecule has 0 saturated heterocycles. The van der Waals surface area contributed by atoms with E-state index < -0.39 is 47.2 Å². The van der Waals surface area contributed by atoms with E-state index in [-0.39, 0.29) is 45.4 Å². The lowest BCUT2D eigenvalue weighted by molar-refractivity contribution is -0.142. The quantitative estimate of drug-likeness (QED) is 0.0408. The normalized spacial score (nSPS) is 11.2. The van der Waals surface area contributed by atoms with Gasteiger partial charge in [-0.2, -0.15) is 8.78 Å². The summed E-state index contributed by atoms with van der Waals surface area (Å²) in [5, 5.41) is 0. The van der Waals surface area contributed by atoms with Crippen molar-refractivity contribution in [3.8, 4) is 5.75 Å². The van der Waals surface area contributed by atoms with Crippen LogP contribution in [-0.4, -0.2) is 112 Å². The smallest absolute Gasteiger partial charge is 0.313 e. The molecule has 0 atom stereocenters. The lowest BCUT2D eigenvalue weighted by atomic mass is 10.2. The van der Waals surface area contributed by atoms with Crippen LogP contribution in [0.1, 0.15) is 12.8 Å². The van der Waals surface area contributed by atoms with Gasteiger partial charge in [0.2, 0.25) is 34.8 Å². The van der Waals surface area contributed by atoms with Crippen LogP contribution in [0, 0.1) is 29.1 Å². The van der Waals surface area contributed by atoms with Crippen molar-refractivity contribution in [2.24, 2.45) is 0 Å². The van der Waals surface area contributed by atoms with Crippen molar-refractivity contribution in [1.29, 1.82) is 0 Å². The first-order valence-electron chi connectivity index (χ1n) is 12.6. The number of carbonyl (C=O) groups is 2. The fourth-order valence-corrected chi connectivity index (χ4v) is 2.67. The Hall–Kier alpha value is -2.47. The Morgan fingerprint density at radius 1 is 0.439 bits per heavy atom. The third-order valence-corrected chi connectivity index (χ3v) is 4.75. The van der Waals surface area contributed by atoms with Crippen LogP contribution >= 0.6 is 0 Å². The van der Waals surface area contributed by atoms with Gasteiger partial charge in [0.15, 0.2) is 0 Å². The number of esters is 2. The monoisotopic (exact) mass is 606 g/mol. The maximum Gasteiger partial charge on any atom is 0.313 e. The fraction of sp³-hybridized carbons (Fsp3) is 0.680. The second-order valence-corrected chi connectivity index (χ2v) is 7.74. The first kappa shape index (κ1) is 36.6. The molecule has 0 saturated carbocycles. The van der Waals surface area contributed by atoms with Crippen molar-refractivity contribution in [3.63, 3.8) is 0 Å². The average Bonchev–Trinajstić information content (AvgIpc) is 2.97. The highest BCUT2D eigenvalue weighted by Gasteiger charge is 2.28. The highest BCUT2D eigenvalue weighted by molar-refractivity contribution is 5.72. The molecular weight excluding hydrogens is 571 g/mol. The van der Waals surface area contributed by atoms with Gasteiger partial charge in [-0.25, -0.2) is 13.2 Å². The largest absolute Gasteiger partial charge is 0.469 e. The Morgan fingerprint density at radius 2 is 0.707 bits per heavy atom. The third kappa shape index (κ3) is 16.5. The first-order chi connectivity index (χ1) is 19.8. The van der Waals surface area contributed by atoms with Crippen LogP contribution in [0.15, 0.2) is 0 Å². The molecule has 0 aliphatic heterocycles. The number of hydrogen-bond donors (Lipinski definition) is 0. The van der Waals surface area contributed by atoms with Crippen LogP contribution < -0.4 is 4.74 Å². The molecule has 0 heterocycles. The number of ether oxygens (including phenoxy) is 9. The van der Waals surface area contributed by atoms with Gasteiger partial charge in [0.05, 0.1) is 112 Å². The van der Waals surface area contributed by atoms with E-state index in [9.17, 15) is 31.5 Å². The lowest BCUT2D eigenvalue weighted by Gasteiger charge is -2.09. The fourth-order valence-electron chi connectivity index (χ4n) is 2.67. The third-order valence-electron chi connectivity index (χ3n) is 4.75. The van der Waals surface area contributed by atoms with E-state index in [0.29, 0.717) is 59.5 Å². The van der Waals surface area contributed by atoms with Gasteiger partial charge in [0.1, 0.15) is 0 Å². The molecule has 0 aromatic heterocycles. The van der Waals surface area contributed by atoms with E-state index in [0.717, 1.165) is 0 Å². The molecule has 16 heteroatoms. The molecule has 0 spiro atoms. The first-order valence-corrected chi connectivity index (χ1v) is 12.6. The van der Waals surface area contributed by atoms with E-state index in [1.807, 2.05) is 0 Å². The van der Waals surface area contributed by atoms with E-state index in [1.54, 1.807) is 0 Å². The summed E-state index contributed by atoms with van der Waals surface area (Å²) in [5.41, 5.74) is 0. The van der Waals surface area contributed by atoms with Gasteiger partial charge >= 0.3 is 11.9 Å². The summed E-state index contributed by atoms with van der Waals surface area (Å²) in [5.74, 6) is -14.5. The summed E-state index contributed by atoms with van der Waals surface area (Å²) in [6.07, 6.45) is -0.283. The zero-order valence-corrected chi connectivity index (χ0v) is 22.7. The number of hydrogen-bond acceptors (Lipinski definition) is 11. The summed E-state index contributed by atoms with van der Waals surface area (Å²) in [7, 11) is 1.32. The van der Waals surface area contributed by atoms with Crippen LogP contribution in [0.3, 0.4) is 0 Å². The molecule has 0 aliphatic rings. The minimum Gasteiger partial charge on any atom is -0.469 e. The molecule has 11 nitrogen and oxygen atoms in total. The topological polar surface area (TPSA) is 117 Å². The number of rotatable bonds is 25. The van der Waals surface area contributed by atoms with Crippen molar-refractivity contribution in [2.75, 3.05) is 99.6 Å². The van der Waals surface area contributed by atoms with Crippen LogP contribution in [0.2, 0.25) is 0 Å². The minimum absolute atomic E-state index is 0.0782. The van der Waals surface area contributed by atoms with Crippen molar-refractivity contribution in [1.82, 2.24) is 0 Å². The Bertz CT molecular complexity index is 863. The standard InChI is InChI=1S/C25H35F5O11/c1-33-18(31)2-4-34-6-8-36-10-12-38-14-16-40-17-15-39-13-11-37-9-7-35-5-3-19(32)41-25-23(29)21(27)20(26)22(28)24(25)30/h2-17H2,1H3. The predicted molar refractivity (Wildman–Crippen MR) is 129 cm³/mol. The average molecular weight is 607 g/mol. The van der Waals surface area contributed by atoms with Gasteiger partial charge in [-0.3, -0.25) is 9.59 Å². The van der Waals surface area contributed by atoms with Gasteiger partial charge in [-0.15, -0.1) is 0 Å². The maximum absolute atomic E-state index is 13.5. The molecule has 1 aromatic carbocycles. The van der Waals surface area contributed by atoms with Crippen molar-refractivity contribution >= 4 is 11.9 Å². The van der Waals surface area contributed by atoms with Crippen molar-refractivity contribution in [3.05, 3.63) is 29.1 Å². The Balaban J connectivity index is 1.84. The number of methoxy groups -OCH3 is 1. The number of carbonyl (C=O) groups excluding carboxylic acids is 2. The molecule has 0 unspecified atom stereocenters. The lowest BCUT2D eigenvalue weighted by Crippen LogP contribution is -2.16. The van der Waals surface area contributed by atoms with Gasteiger partial charge in [-0.1, -0.05) is 0 Å². The molecule has 0 amide bonds. The highest BCUT2D eigenvalue weighted by Crippen LogP contribution is 2.29. The SMILES string of the molecule is COC(=O)CCOCCOCCOCCOCCOCCOCCOCCC(=O)Oc1c(F)c(F)c(F)c(F)c1F. The molecule has 0 fully saturated rings. The van der Waals surface area contributed by atoms with Gasteiger partial charge in [0, 0.05) is 0 Å². The van der Waals surface area contributed by atoms with Crippen LogP contribution in [0.25, 0.3) is 0 Å². The maximum atomic E-state index is 13.5. The zero-order valence-electron chi connectivity index (χ0n) is 22.7. The van der Waals surface area contributed by atoms with E-state index in [2.05, 4.69) is 9.47 Å². The Morgan fingerprint density at radius 3 is 1.02 bits per heavy atom.